The molecule has 0 aromatic heterocycles. The molecule has 0 aliphatic heterocycles. The number of carbonyl (C=O) groups excluding carboxylic acids is 2. The molecule has 0 aromatic carbocycles. The van der Waals surface area contributed by atoms with Crippen molar-refractivity contribution in [1.29, 1.82) is 0 Å². The van der Waals surface area contributed by atoms with Gasteiger partial charge in [0.25, 0.3) is 0 Å². The van der Waals surface area contributed by atoms with Gasteiger partial charge in [0.05, 0.1) is 0 Å². The smallest absolute Gasteiger partial charge is 0.225 e. The van der Waals surface area contributed by atoms with Crippen molar-refractivity contribution in [3.8, 4) is 0 Å². The van der Waals surface area contributed by atoms with Crippen LogP contribution in [0.2, 0.25) is 0 Å². The van der Waals surface area contributed by atoms with E-state index in [1.54, 1.807) is 12.2 Å². The number of ketones is 2. The van der Waals surface area contributed by atoms with E-state index < -0.39 is 11.6 Å². The summed E-state index contributed by atoms with van der Waals surface area (Å²) in [6.07, 6.45) is 5.60. The summed E-state index contributed by atoms with van der Waals surface area (Å²) < 4.78 is 0. The van der Waals surface area contributed by atoms with Gasteiger partial charge in [0.2, 0.25) is 11.6 Å². The quantitative estimate of drug-likeness (QED) is 0.373. The Morgan fingerprint density at radius 2 is 1.20 bits per heavy atom. The van der Waals surface area contributed by atoms with Crippen molar-refractivity contribution in [3.05, 3.63) is 24.3 Å². The summed E-state index contributed by atoms with van der Waals surface area (Å²) >= 11 is 0. The summed E-state index contributed by atoms with van der Waals surface area (Å²) in [4.78, 5) is 20.6. The molecule has 0 unspecified atom stereocenters. The fourth-order valence-electron chi connectivity index (χ4n) is 0.450. The zero-order valence-corrected chi connectivity index (χ0v) is 6.13. The Hall–Kier alpha value is -1.18. The van der Waals surface area contributed by atoms with Crippen LogP contribution in [0.3, 0.4) is 0 Å². The Bertz CT molecular complexity index is 165. The summed E-state index contributed by atoms with van der Waals surface area (Å²) in [7, 11) is 0. The number of rotatable bonds is 0. The number of allylic oxidation sites excluding steroid dienone is 4. The lowest BCUT2D eigenvalue weighted by atomic mass is 10.1. The van der Waals surface area contributed by atoms with E-state index in [2.05, 4.69) is 0 Å². The van der Waals surface area contributed by atoms with Crippen LogP contribution >= 0.6 is 0 Å². The van der Waals surface area contributed by atoms with Crippen LogP contribution in [0.25, 0.3) is 0 Å². The van der Waals surface area contributed by atoms with Crippen molar-refractivity contribution >= 4 is 11.6 Å². The first-order valence-corrected chi connectivity index (χ1v) is 3.24. The molecule has 0 aromatic rings. The Kier molecular flexibility index (Phi) is 4.12. The zero-order chi connectivity index (χ0) is 7.98. The molecule has 10 heavy (non-hydrogen) atoms. The second-order valence-electron chi connectivity index (χ2n) is 1.45. The van der Waals surface area contributed by atoms with Crippen LogP contribution in [-0.4, -0.2) is 11.6 Å². The van der Waals surface area contributed by atoms with Crippen molar-refractivity contribution in [2.24, 2.45) is 0 Å². The number of carbonyl (C=O) groups is 2. The Balaban J connectivity index is 0.000000371. The molecule has 0 saturated heterocycles. The van der Waals surface area contributed by atoms with E-state index in [-0.39, 0.29) is 0 Å². The van der Waals surface area contributed by atoms with Crippen LogP contribution in [0.5, 0.6) is 0 Å². The lowest BCUT2D eigenvalue weighted by molar-refractivity contribution is -0.131. The third kappa shape index (κ3) is 2.40. The number of hydrogen-bond donors (Lipinski definition) is 0. The van der Waals surface area contributed by atoms with Gasteiger partial charge in [-0.05, 0) is 12.2 Å². The SMILES string of the molecule is CC.O=C1C=CC=CC1=O. The minimum absolute atomic E-state index is 0.437. The van der Waals surface area contributed by atoms with E-state index in [4.69, 9.17) is 0 Å². The van der Waals surface area contributed by atoms with Crippen LogP contribution < -0.4 is 0 Å². The highest BCUT2D eigenvalue weighted by molar-refractivity contribution is 6.46. The molecule has 0 fully saturated rings. The zero-order valence-electron chi connectivity index (χ0n) is 6.13. The molecule has 1 aliphatic carbocycles. The second kappa shape index (κ2) is 4.68. The fourth-order valence-corrected chi connectivity index (χ4v) is 0.450. The molecule has 0 amide bonds. The van der Waals surface area contributed by atoms with Gasteiger partial charge in [-0.3, -0.25) is 9.59 Å². The van der Waals surface area contributed by atoms with Crippen LogP contribution in [0, 0.1) is 0 Å². The molecular formula is C8H10O2. The third-order valence-corrected chi connectivity index (χ3v) is 0.849. The minimum atomic E-state index is -0.437. The van der Waals surface area contributed by atoms with Crippen LogP contribution in [0.15, 0.2) is 24.3 Å². The van der Waals surface area contributed by atoms with Crippen molar-refractivity contribution in [1.82, 2.24) is 0 Å². The summed E-state index contributed by atoms with van der Waals surface area (Å²) in [6.45, 7) is 4.00. The largest absolute Gasteiger partial charge is 0.286 e. The summed E-state index contributed by atoms with van der Waals surface area (Å²) in [6, 6.07) is 0. The second-order valence-corrected chi connectivity index (χ2v) is 1.45. The van der Waals surface area contributed by atoms with Gasteiger partial charge in [-0.2, -0.15) is 0 Å². The highest BCUT2D eigenvalue weighted by atomic mass is 16.2. The first-order valence-electron chi connectivity index (χ1n) is 3.24. The molecule has 0 bridgehead atoms. The third-order valence-electron chi connectivity index (χ3n) is 0.849. The van der Waals surface area contributed by atoms with E-state index >= 15 is 0 Å². The van der Waals surface area contributed by atoms with Crippen molar-refractivity contribution in [3.63, 3.8) is 0 Å². The summed E-state index contributed by atoms with van der Waals surface area (Å²) in [5, 5.41) is 0. The van der Waals surface area contributed by atoms with Crippen molar-refractivity contribution in [2.75, 3.05) is 0 Å². The van der Waals surface area contributed by atoms with Gasteiger partial charge in [0.1, 0.15) is 0 Å². The molecule has 0 saturated carbocycles. The molecule has 0 radical (unpaired) electrons. The van der Waals surface area contributed by atoms with Crippen molar-refractivity contribution < 1.29 is 9.59 Å². The molecule has 54 valence electrons. The van der Waals surface area contributed by atoms with Gasteiger partial charge in [-0.15, -0.1) is 0 Å². The predicted octanol–water partition coefficient (Wildman–Crippen LogP) is 1.28. The number of hydrogen-bond acceptors (Lipinski definition) is 2. The normalized spacial score (nSPS) is 14.6. The summed E-state index contributed by atoms with van der Waals surface area (Å²) in [5.74, 6) is -0.875. The van der Waals surface area contributed by atoms with E-state index in [0.717, 1.165) is 0 Å². The highest BCUT2D eigenvalue weighted by Crippen LogP contribution is 1.90. The van der Waals surface area contributed by atoms with E-state index in [1.165, 1.54) is 12.2 Å². The lowest BCUT2D eigenvalue weighted by Gasteiger charge is -1.88. The first kappa shape index (κ1) is 8.82. The average Bonchev–Trinajstić information content (AvgIpc) is 2.00. The fraction of sp³-hybridized carbons (Fsp3) is 0.250. The van der Waals surface area contributed by atoms with Crippen LogP contribution in [0.4, 0.5) is 0 Å². The molecule has 1 aliphatic rings. The van der Waals surface area contributed by atoms with Crippen molar-refractivity contribution in [2.45, 2.75) is 13.8 Å². The van der Waals surface area contributed by atoms with Crippen LogP contribution in [0.1, 0.15) is 13.8 Å². The van der Waals surface area contributed by atoms with Crippen LogP contribution in [-0.2, 0) is 9.59 Å². The molecule has 0 heterocycles. The van der Waals surface area contributed by atoms with Gasteiger partial charge in [0.15, 0.2) is 0 Å². The molecule has 0 atom stereocenters. The molecule has 2 nitrogen and oxygen atoms in total. The maximum Gasteiger partial charge on any atom is 0.225 e. The Morgan fingerprint density at radius 3 is 1.40 bits per heavy atom. The highest BCUT2D eigenvalue weighted by Gasteiger charge is 2.06. The van der Waals surface area contributed by atoms with E-state index in [0.29, 0.717) is 0 Å². The molecule has 2 heteroatoms. The van der Waals surface area contributed by atoms with E-state index in [9.17, 15) is 9.59 Å². The van der Waals surface area contributed by atoms with Gasteiger partial charge >= 0.3 is 0 Å². The standard InChI is InChI=1S/C6H4O2.C2H6/c7-5-3-1-2-4-6(5)8;1-2/h1-4H;1-2H3. The monoisotopic (exact) mass is 138 g/mol. The predicted molar refractivity (Wildman–Crippen MR) is 39.6 cm³/mol. The maximum atomic E-state index is 10.3. The molecular weight excluding hydrogens is 128 g/mol. The molecule has 0 N–H and O–H groups in total. The first-order chi connectivity index (χ1) is 4.80. The maximum absolute atomic E-state index is 10.3. The lowest BCUT2D eigenvalue weighted by Crippen LogP contribution is -2.08. The van der Waals surface area contributed by atoms with Gasteiger partial charge in [-0.25, -0.2) is 0 Å². The van der Waals surface area contributed by atoms with Gasteiger partial charge in [-0.1, -0.05) is 26.0 Å². The molecule has 1 rings (SSSR count). The Morgan fingerprint density at radius 1 is 0.900 bits per heavy atom. The van der Waals surface area contributed by atoms with E-state index in [1.807, 2.05) is 13.8 Å². The Labute approximate surface area is 60.2 Å². The minimum Gasteiger partial charge on any atom is -0.286 e. The van der Waals surface area contributed by atoms with Gasteiger partial charge < -0.3 is 0 Å². The molecule has 0 spiro atoms. The average molecular weight is 138 g/mol. The summed E-state index contributed by atoms with van der Waals surface area (Å²) in [5.41, 5.74) is 0. The van der Waals surface area contributed by atoms with Gasteiger partial charge in [0, 0.05) is 0 Å². The topological polar surface area (TPSA) is 34.1 Å².